The molecule has 2 aliphatic rings. The van der Waals surface area contributed by atoms with E-state index < -0.39 is 0 Å². The van der Waals surface area contributed by atoms with Crippen LogP contribution in [0.15, 0.2) is 0 Å². The molecule has 1 heteroatoms. The number of nitrogens with two attached hydrogens (primary N) is 1. The summed E-state index contributed by atoms with van der Waals surface area (Å²) in [5.41, 5.74) is 5.91. The van der Waals surface area contributed by atoms with E-state index in [9.17, 15) is 0 Å². The first-order chi connectivity index (χ1) is 6.81. The van der Waals surface area contributed by atoms with Crippen LogP contribution in [0.5, 0.6) is 0 Å². The third-order valence-corrected chi connectivity index (χ3v) is 4.62. The number of hydrogen-bond acceptors (Lipinski definition) is 1. The Morgan fingerprint density at radius 2 is 1.79 bits per heavy atom. The fourth-order valence-corrected chi connectivity index (χ4v) is 3.74. The highest BCUT2D eigenvalue weighted by Crippen LogP contribution is 2.43. The lowest BCUT2D eigenvalue weighted by Crippen LogP contribution is -2.33. The number of hydrogen-bond donors (Lipinski definition) is 1. The second kappa shape index (κ2) is 4.65. The van der Waals surface area contributed by atoms with Crippen molar-refractivity contribution in [3.63, 3.8) is 0 Å². The summed E-state index contributed by atoms with van der Waals surface area (Å²) in [6.45, 7) is 3.36. The van der Waals surface area contributed by atoms with Gasteiger partial charge in [-0.25, -0.2) is 0 Å². The van der Waals surface area contributed by atoms with Crippen LogP contribution >= 0.6 is 0 Å². The summed E-state index contributed by atoms with van der Waals surface area (Å²) < 4.78 is 0. The van der Waals surface area contributed by atoms with Gasteiger partial charge in [-0.1, -0.05) is 39.0 Å². The van der Waals surface area contributed by atoms with Crippen molar-refractivity contribution in [2.75, 3.05) is 6.54 Å². The Kier molecular flexibility index (Phi) is 3.48. The van der Waals surface area contributed by atoms with Crippen molar-refractivity contribution in [2.24, 2.45) is 29.4 Å². The molecule has 2 saturated carbocycles. The Hall–Kier alpha value is -0.0400. The first-order valence-corrected chi connectivity index (χ1v) is 6.51. The van der Waals surface area contributed by atoms with E-state index >= 15 is 0 Å². The average molecular weight is 195 g/mol. The predicted octanol–water partition coefficient (Wildman–Crippen LogP) is 3.19. The van der Waals surface area contributed by atoms with Crippen LogP contribution in [-0.2, 0) is 0 Å². The van der Waals surface area contributed by atoms with Crippen LogP contribution in [-0.4, -0.2) is 6.54 Å². The van der Waals surface area contributed by atoms with Gasteiger partial charge in [-0.2, -0.15) is 0 Å². The smallest absolute Gasteiger partial charge is 0.00461 e. The van der Waals surface area contributed by atoms with Crippen LogP contribution in [0.1, 0.15) is 51.9 Å². The highest BCUT2D eigenvalue weighted by Gasteiger charge is 2.34. The van der Waals surface area contributed by atoms with Crippen molar-refractivity contribution < 1.29 is 0 Å². The SMILES string of the molecule is CC1CCC(CN)C(C2CCCC2)C1. The minimum Gasteiger partial charge on any atom is -0.330 e. The van der Waals surface area contributed by atoms with Gasteiger partial charge in [-0.05, 0) is 43.1 Å². The molecule has 0 bridgehead atoms. The molecule has 2 aliphatic carbocycles. The molecule has 3 unspecified atom stereocenters. The third-order valence-electron chi connectivity index (χ3n) is 4.62. The van der Waals surface area contributed by atoms with Crippen molar-refractivity contribution >= 4 is 0 Å². The van der Waals surface area contributed by atoms with Crippen molar-refractivity contribution in [3.8, 4) is 0 Å². The second-order valence-electron chi connectivity index (χ2n) is 5.62. The van der Waals surface area contributed by atoms with E-state index in [2.05, 4.69) is 6.92 Å². The summed E-state index contributed by atoms with van der Waals surface area (Å²) in [5.74, 6) is 3.83. The average Bonchev–Trinajstić information content (AvgIpc) is 2.70. The number of rotatable bonds is 2. The molecule has 0 aromatic heterocycles. The fourth-order valence-electron chi connectivity index (χ4n) is 3.74. The monoisotopic (exact) mass is 195 g/mol. The summed E-state index contributed by atoms with van der Waals surface area (Å²) in [6.07, 6.45) is 10.2. The minimum absolute atomic E-state index is 0.856. The molecule has 3 atom stereocenters. The molecule has 0 aromatic carbocycles. The van der Waals surface area contributed by atoms with Gasteiger partial charge in [0.05, 0.1) is 0 Å². The first kappa shape index (κ1) is 10.5. The summed E-state index contributed by atoms with van der Waals surface area (Å²) in [6, 6.07) is 0. The topological polar surface area (TPSA) is 26.0 Å². The molecule has 0 radical (unpaired) electrons. The molecule has 1 nitrogen and oxygen atoms in total. The van der Waals surface area contributed by atoms with Gasteiger partial charge in [0.2, 0.25) is 0 Å². The summed E-state index contributed by atoms with van der Waals surface area (Å²) >= 11 is 0. The van der Waals surface area contributed by atoms with E-state index in [0.717, 1.165) is 30.2 Å². The maximum Gasteiger partial charge on any atom is -0.00461 e. The zero-order valence-electron chi connectivity index (χ0n) is 9.54. The Bertz CT molecular complexity index is 170. The molecule has 82 valence electrons. The largest absolute Gasteiger partial charge is 0.330 e. The second-order valence-corrected chi connectivity index (χ2v) is 5.62. The van der Waals surface area contributed by atoms with Crippen LogP contribution in [0.25, 0.3) is 0 Å². The van der Waals surface area contributed by atoms with Gasteiger partial charge in [-0.15, -0.1) is 0 Å². The van der Waals surface area contributed by atoms with Gasteiger partial charge >= 0.3 is 0 Å². The molecule has 14 heavy (non-hydrogen) atoms. The zero-order valence-corrected chi connectivity index (χ0v) is 9.54. The maximum absolute atomic E-state index is 5.91. The molecule has 0 saturated heterocycles. The van der Waals surface area contributed by atoms with E-state index in [0.29, 0.717) is 0 Å². The zero-order chi connectivity index (χ0) is 9.97. The molecular formula is C13H25N. The van der Waals surface area contributed by atoms with Gasteiger partial charge in [0.15, 0.2) is 0 Å². The Morgan fingerprint density at radius 3 is 2.43 bits per heavy atom. The molecule has 2 fully saturated rings. The van der Waals surface area contributed by atoms with Crippen LogP contribution in [0.4, 0.5) is 0 Å². The van der Waals surface area contributed by atoms with E-state index in [-0.39, 0.29) is 0 Å². The summed E-state index contributed by atoms with van der Waals surface area (Å²) in [7, 11) is 0. The van der Waals surface area contributed by atoms with Crippen molar-refractivity contribution in [3.05, 3.63) is 0 Å². The van der Waals surface area contributed by atoms with Gasteiger partial charge in [0.25, 0.3) is 0 Å². The van der Waals surface area contributed by atoms with Crippen LogP contribution in [0.2, 0.25) is 0 Å². The van der Waals surface area contributed by atoms with Gasteiger partial charge in [0, 0.05) is 0 Å². The Morgan fingerprint density at radius 1 is 1.07 bits per heavy atom. The van der Waals surface area contributed by atoms with Crippen molar-refractivity contribution in [1.82, 2.24) is 0 Å². The Balaban J connectivity index is 1.96. The van der Waals surface area contributed by atoms with Crippen molar-refractivity contribution in [1.29, 1.82) is 0 Å². The first-order valence-electron chi connectivity index (χ1n) is 6.51. The van der Waals surface area contributed by atoms with Crippen LogP contribution in [0, 0.1) is 23.7 Å². The lowest BCUT2D eigenvalue weighted by Gasteiger charge is -2.38. The lowest BCUT2D eigenvalue weighted by molar-refractivity contribution is 0.133. The quantitative estimate of drug-likeness (QED) is 0.719. The van der Waals surface area contributed by atoms with E-state index in [1.807, 2.05) is 0 Å². The van der Waals surface area contributed by atoms with E-state index in [1.54, 1.807) is 0 Å². The predicted molar refractivity (Wildman–Crippen MR) is 61.0 cm³/mol. The van der Waals surface area contributed by atoms with Gasteiger partial charge < -0.3 is 5.73 Å². The summed E-state index contributed by atoms with van der Waals surface area (Å²) in [5, 5.41) is 0. The Labute approximate surface area is 88.4 Å². The minimum atomic E-state index is 0.856. The maximum atomic E-state index is 5.91. The third kappa shape index (κ3) is 2.13. The molecule has 0 amide bonds. The van der Waals surface area contributed by atoms with E-state index in [1.165, 1.54) is 44.9 Å². The molecule has 2 N–H and O–H groups in total. The molecular weight excluding hydrogens is 170 g/mol. The molecule has 0 aromatic rings. The lowest BCUT2D eigenvalue weighted by atomic mass is 9.68. The van der Waals surface area contributed by atoms with Crippen LogP contribution < -0.4 is 5.73 Å². The standard InChI is InChI=1S/C13H25N/c1-10-6-7-12(9-14)13(8-10)11-4-2-3-5-11/h10-13H,2-9,14H2,1H3. The molecule has 2 rings (SSSR count). The molecule has 0 heterocycles. The molecule has 0 aliphatic heterocycles. The van der Waals surface area contributed by atoms with Gasteiger partial charge in [-0.3, -0.25) is 0 Å². The normalized spacial score (nSPS) is 40.3. The molecule has 0 spiro atoms. The van der Waals surface area contributed by atoms with Gasteiger partial charge in [0.1, 0.15) is 0 Å². The summed E-state index contributed by atoms with van der Waals surface area (Å²) in [4.78, 5) is 0. The van der Waals surface area contributed by atoms with Crippen LogP contribution in [0.3, 0.4) is 0 Å². The van der Waals surface area contributed by atoms with Crippen molar-refractivity contribution in [2.45, 2.75) is 51.9 Å². The van der Waals surface area contributed by atoms with E-state index in [4.69, 9.17) is 5.73 Å². The highest BCUT2D eigenvalue weighted by atomic mass is 14.6. The highest BCUT2D eigenvalue weighted by molar-refractivity contribution is 4.85. The fraction of sp³-hybridized carbons (Fsp3) is 1.00.